The fourth-order valence-corrected chi connectivity index (χ4v) is 7.11. The minimum absolute atomic E-state index is 0.0252. The van der Waals surface area contributed by atoms with Gasteiger partial charge in [0, 0.05) is 71.9 Å². The molecule has 0 aromatic heterocycles. The molecule has 0 radical (unpaired) electrons. The fraction of sp³-hybridized carbons (Fsp3) is 0. The van der Waals surface area contributed by atoms with Crippen LogP contribution in [0.3, 0.4) is 0 Å². The van der Waals surface area contributed by atoms with Crippen LogP contribution in [-0.4, -0.2) is 21.4 Å². The molecule has 0 saturated carbocycles. The summed E-state index contributed by atoms with van der Waals surface area (Å²) in [5.41, 5.74) is 3.81. The molecule has 10 nitrogen and oxygen atoms in total. The molecule has 1 aliphatic carbocycles. The van der Waals surface area contributed by atoms with Crippen molar-refractivity contribution in [3.05, 3.63) is 176 Å². The highest BCUT2D eigenvalue weighted by molar-refractivity contribution is 7.99. The van der Waals surface area contributed by atoms with Crippen molar-refractivity contribution in [3.8, 4) is 0 Å². The SMILES string of the molecule is O=C1c2ccccc2C(=O)c2c1ccc(Nc1ccc(Sc3ccc([N+](=O)[O-])cc3)cc1)c2Nc1ccc(Sc2ccc([N+](=O)[O-])cc2)cc1. The van der Waals surface area contributed by atoms with Gasteiger partial charge in [-0.05, 0) is 84.9 Å². The average Bonchev–Trinajstić information content (AvgIpc) is 3.13. The number of nitro groups is 2. The summed E-state index contributed by atoms with van der Waals surface area (Å²) in [7, 11) is 0. The lowest BCUT2D eigenvalue weighted by molar-refractivity contribution is -0.385. The van der Waals surface area contributed by atoms with E-state index in [0.717, 1.165) is 25.3 Å². The number of non-ortho nitro benzene ring substituents is 2. The molecule has 244 valence electrons. The number of hydrogen-bond acceptors (Lipinski definition) is 10. The Hall–Kier alpha value is -6.24. The van der Waals surface area contributed by atoms with Gasteiger partial charge in [0.05, 0.1) is 26.8 Å². The first-order chi connectivity index (χ1) is 24.2. The third-order valence-electron chi connectivity index (χ3n) is 7.92. The summed E-state index contributed by atoms with van der Waals surface area (Å²) in [5.74, 6) is -0.492. The number of nitrogens with one attached hydrogen (secondary N) is 2. The number of carbonyl (C=O) groups excluding carboxylic acids is 2. The summed E-state index contributed by atoms with van der Waals surface area (Å²) < 4.78 is 0. The minimum Gasteiger partial charge on any atom is -0.354 e. The lowest BCUT2D eigenvalue weighted by Gasteiger charge is -2.24. The number of nitrogens with zero attached hydrogens (tertiary/aromatic N) is 2. The van der Waals surface area contributed by atoms with Crippen LogP contribution in [0.5, 0.6) is 0 Å². The maximum atomic E-state index is 14.0. The average molecular weight is 697 g/mol. The summed E-state index contributed by atoms with van der Waals surface area (Å²) in [6.07, 6.45) is 0. The molecule has 0 fully saturated rings. The summed E-state index contributed by atoms with van der Waals surface area (Å²) in [6.45, 7) is 0. The molecule has 7 rings (SSSR count). The highest BCUT2D eigenvalue weighted by Gasteiger charge is 2.33. The molecule has 0 saturated heterocycles. The fourth-order valence-electron chi connectivity index (χ4n) is 5.48. The number of anilines is 4. The van der Waals surface area contributed by atoms with Crippen molar-refractivity contribution in [3.63, 3.8) is 0 Å². The quantitative estimate of drug-likeness (QED) is 0.105. The Bertz CT molecular complexity index is 2290. The Balaban J connectivity index is 1.17. The number of hydrogen-bond donors (Lipinski definition) is 2. The molecule has 1 aliphatic rings. The van der Waals surface area contributed by atoms with Crippen molar-refractivity contribution in [2.24, 2.45) is 0 Å². The van der Waals surface area contributed by atoms with Crippen LogP contribution in [0.4, 0.5) is 34.1 Å². The van der Waals surface area contributed by atoms with E-state index >= 15 is 0 Å². The van der Waals surface area contributed by atoms with Crippen LogP contribution in [0.25, 0.3) is 0 Å². The molecule has 6 aromatic rings. The van der Waals surface area contributed by atoms with Crippen LogP contribution in [0, 0.1) is 20.2 Å². The van der Waals surface area contributed by atoms with Crippen LogP contribution in [0.1, 0.15) is 31.8 Å². The van der Waals surface area contributed by atoms with Crippen molar-refractivity contribution in [2.45, 2.75) is 19.6 Å². The first kappa shape index (κ1) is 32.3. The summed E-state index contributed by atoms with van der Waals surface area (Å²) in [6, 6.07) is 38.1. The molecule has 50 heavy (non-hydrogen) atoms. The number of nitro benzene ring substituents is 2. The van der Waals surface area contributed by atoms with Crippen molar-refractivity contribution in [1.82, 2.24) is 0 Å². The van der Waals surface area contributed by atoms with E-state index in [-0.39, 0.29) is 28.5 Å². The second-order valence-corrected chi connectivity index (χ2v) is 13.4. The second kappa shape index (κ2) is 13.7. The van der Waals surface area contributed by atoms with Gasteiger partial charge in [0.1, 0.15) is 0 Å². The topological polar surface area (TPSA) is 144 Å². The van der Waals surface area contributed by atoms with Crippen molar-refractivity contribution in [2.75, 3.05) is 10.6 Å². The molecule has 0 heterocycles. The number of fused-ring (bicyclic) bond motifs is 2. The van der Waals surface area contributed by atoms with E-state index in [9.17, 15) is 29.8 Å². The van der Waals surface area contributed by atoms with Crippen LogP contribution >= 0.6 is 23.5 Å². The molecule has 0 aliphatic heterocycles. The Labute approximate surface area is 293 Å². The first-order valence-corrected chi connectivity index (χ1v) is 16.8. The van der Waals surface area contributed by atoms with E-state index in [2.05, 4.69) is 10.6 Å². The van der Waals surface area contributed by atoms with Gasteiger partial charge in [0.25, 0.3) is 11.4 Å². The predicted molar refractivity (Wildman–Crippen MR) is 194 cm³/mol. The Morgan fingerprint density at radius 3 is 1.34 bits per heavy atom. The number of rotatable bonds is 10. The Kier molecular flexibility index (Phi) is 8.86. The predicted octanol–water partition coefficient (Wildman–Crippen LogP) is 10.1. The van der Waals surface area contributed by atoms with Gasteiger partial charge >= 0.3 is 0 Å². The highest BCUT2D eigenvalue weighted by atomic mass is 32.2. The monoisotopic (exact) mass is 696 g/mol. The summed E-state index contributed by atoms with van der Waals surface area (Å²) in [5, 5.41) is 28.8. The van der Waals surface area contributed by atoms with Crippen molar-refractivity contribution < 1.29 is 19.4 Å². The van der Waals surface area contributed by atoms with Gasteiger partial charge in [-0.2, -0.15) is 0 Å². The standard InChI is InChI=1S/C38H24N4O6S2/c43-37-31-3-1-2-4-32(31)38(44)35-33(37)21-22-34(39-23-5-13-27(14-6-23)49-29-17-9-25(10-18-29)41(45)46)36(35)40-24-7-15-28(16-8-24)50-30-19-11-26(12-20-30)42(47)48/h1-22,39-40H. The molecule has 0 spiro atoms. The molecular weight excluding hydrogens is 673 g/mol. The third kappa shape index (κ3) is 6.70. The van der Waals surface area contributed by atoms with E-state index in [0.29, 0.717) is 33.8 Å². The normalized spacial score (nSPS) is 11.8. The van der Waals surface area contributed by atoms with E-state index in [1.807, 2.05) is 48.5 Å². The maximum absolute atomic E-state index is 14.0. The number of benzene rings is 6. The lowest BCUT2D eigenvalue weighted by Crippen LogP contribution is -2.22. The van der Waals surface area contributed by atoms with E-state index < -0.39 is 9.85 Å². The second-order valence-electron chi connectivity index (χ2n) is 11.1. The molecule has 12 heteroatoms. The zero-order chi connectivity index (χ0) is 34.8. The molecule has 2 N–H and O–H groups in total. The molecule has 0 unspecified atom stereocenters. The Morgan fingerprint density at radius 2 is 0.880 bits per heavy atom. The van der Waals surface area contributed by atoms with Gasteiger partial charge in [0.15, 0.2) is 11.6 Å². The van der Waals surface area contributed by atoms with Gasteiger partial charge in [-0.25, -0.2) is 0 Å². The van der Waals surface area contributed by atoms with Gasteiger partial charge in [-0.1, -0.05) is 47.8 Å². The van der Waals surface area contributed by atoms with Crippen molar-refractivity contribution in [1.29, 1.82) is 0 Å². The maximum Gasteiger partial charge on any atom is 0.269 e. The summed E-state index contributed by atoms with van der Waals surface area (Å²) >= 11 is 2.93. The van der Waals surface area contributed by atoms with Crippen LogP contribution in [0.2, 0.25) is 0 Å². The zero-order valence-corrected chi connectivity index (χ0v) is 27.5. The molecule has 0 atom stereocenters. The van der Waals surface area contributed by atoms with Crippen LogP contribution < -0.4 is 10.6 Å². The first-order valence-electron chi connectivity index (χ1n) is 15.2. The number of carbonyl (C=O) groups is 2. The molecule has 0 amide bonds. The third-order valence-corrected chi connectivity index (χ3v) is 9.95. The Morgan fingerprint density at radius 1 is 0.460 bits per heavy atom. The molecule has 6 aromatic carbocycles. The molecular formula is C38H24N4O6S2. The molecule has 0 bridgehead atoms. The van der Waals surface area contributed by atoms with E-state index in [1.54, 1.807) is 60.7 Å². The highest BCUT2D eigenvalue weighted by Crippen LogP contribution is 2.40. The van der Waals surface area contributed by atoms with Gasteiger partial charge in [-0.3, -0.25) is 29.8 Å². The number of ketones is 2. The minimum atomic E-state index is -0.435. The lowest BCUT2D eigenvalue weighted by atomic mass is 9.82. The van der Waals surface area contributed by atoms with Gasteiger partial charge in [0.2, 0.25) is 0 Å². The largest absolute Gasteiger partial charge is 0.354 e. The van der Waals surface area contributed by atoms with E-state index in [4.69, 9.17) is 0 Å². The van der Waals surface area contributed by atoms with Gasteiger partial charge < -0.3 is 10.6 Å². The van der Waals surface area contributed by atoms with E-state index in [1.165, 1.54) is 47.8 Å². The smallest absolute Gasteiger partial charge is 0.269 e. The van der Waals surface area contributed by atoms with Gasteiger partial charge in [-0.15, -0.1) is 0 Å². The summed E-state index contributed by atoms with van der Waals surface area (Å²) in [4.78, 5) is 52.2. The van der Waals surface area contributed by atoms with Crippen LogP contribution in [-0.2, 0) is 0 Å². The zero-order valence-electron chi connectivity index (χ0n) is 25.9. The van der Waals surface area contributed by atoms with Crippen molar-refractivity contribution >= 4 is 69.2 Å². The van der Waals surface area contributed by atoms with Crippen LogP contribution in [0.15, 0.2) is 153 Å².